The minimum Gasteiger partial charge on any atom is -0.493 e. The summed E-state index contributed by atoms with van der Waals surface area (Å²) in [6, 6.07) is 6.27. The summed E-state index contributed by atoms with van der Waals surface area (Å²) in [7, 11) is 3.23. The van der Waals surface area contributed by atoms with Gasteiger partial charge >= 0.3 is 0 Å². The Bertz CT molecular complexity index is 529. The molecule has 0 radical (unpaired) electrons. The summed E-state index contributed by atoms with van der Waals surface area (Å²) in [6.07, 6.45) is 2.43. The number of allylic oxidation sites excluding steroid dienone is 1. The summed E-state index contributed by atoms with van der Waals surface area (Å²) < 4.78 is 10.6. The third kappa shape index (κ3) is 2.12. The van der Waals surface area contributed by atoms with Gasteiger partial charge in [-0.2, -0.15) is 5.26 Å². The number of ether oxygens (including phenoxy) is 2. The molecular weight excluding hydrogens is 228 g/mol. The standard InChI is InChI=1S/C14H16N2O2/c1-9-6-10-7-13(17-2)14(18-3)8-11(10)12(16-9)4-5-15/h4,7-9,16H,6H2,1-3H3/b12-4-. The fraction of sp³-hybridized carbons (Fsp3) is 0.357. The number of fused-ring (bicyclic) bond motifs is 1. The molecule has 0 aliphatic carbocycles. The van der Waals surface area contributed by atoms with Gasteiger partial charge in [-0.25, -0.2) is 0 Å². The second-order valence-corrected chi connectivity index (χ2v) is 4.30. The fourth-order valence-corrected chi connectivity index (χ4v) is 2.25. The lowest BCUT2D eigenvalue weighted by molar-refractivity contribution is 0.354. The van der Waals surface area contributed by atoms with E-state index in [1.54, 1.807) is 14.2 Å². The lowest BCUT2D eigenvalue weighted by Crippen LogP contribution is -2.31. The maximum atomic E-state index is 8.84. The van der Waals surface area contributed by atoms with Gasteiger partial charge in [0.2, 0.25) is 0 Å². The van der Waals surface area contributed by atoms with Crippen LogP contribution < -0.4 is 14.8 Å². The topological polar surface area (TPSA) is 54.3 Å². The first-order valence-electron chi connectivity index (χ1n) is 5.81. The summed E-state index contributed by atoms with van der Waals surface area (Å²) in [5, 5.41) is 12.1. The average molecular weight is 244 g/mol. The highest BCUT2D eigenvalue weighted by atomic mass is 16.5. The van der Waals surface area contributed by atoms with Crippen LogP contribution in [-0.4, -0.2) is 20.3 Å². The second kappa shape index (κ2) is 5.01. The van der Waals surface area contributed by atoms with Crippen molar-refractivity contribution in [3.8, 4) is 17.6 Å². The van der Waals surface area contributed by atoms with Crippen molar-refractivity contribution in [2.75, 3.05) is 14.2 Å². The van der Waals surface area contributed by atoms with E-state index in [1.165, 1.54) is 11.6 Å². The van der Waals surface area contributed by atoms with E-state index >= 15 is 0 Å². The van der Waals surface area contributed by atoms with Crippen molar-refractivity contribution in [3.63, 3.8) is 0 Å². The SMILES string of the molecule is COc1cc2c(cc1OC)/C(=C/C#N)NC(C)C2. The number of hydrogen-bond acceptors (Lipinski definition) is 4. The second-order valence-electron chi connectivity index (χ2n) is 4.30. The molecule has 1 heterocycles. The third-order valence-corrected chi connectivity index (χ3v) is 3.04. The molecule has 2 rings (SSSR count). The van der Waals surface area contributed by atoms with Crippen LogP contribution in [0, 0.1) is 11.3 Å². The highest BCUT2D eigenvalue weighted by molar-refractivity contribution is 5.73. The molecule has 94 valence electrons. The zero-order valence-corrected chi connectivity index (χ0v) is 10.8. The number of hydrogen-bond donors (Lipinski definition) is 1. The Morgan fingerprint density at radius 3 is 2.61 bits per heavy atom. The molecule has 4 heteroatoms. The molecule has 18 heavy (non-hydrogen) atoms. The number of nitrogens with one attached hydrogen (secondary N) is 1. The molecule has 4 nitrogen and oxygen atoms in total. The van der Waals surface area contributed by atoms with E-state index in [9.17, 15) is 0 Å². The molecule has 1 N–H and O–H groups in total. The minimum atomic E-state index is 0.301. The van der Waals surface area contributed by atoms with E-state index in [2.05, 4.69) is 18.3 Å². The zero-order chi connectivity index (χ0) is 13.1. The molecule has 0 aromatic heterocycles. The number of nitriles is 1. The van der Waals surface area contributed by atoms with Crippen LogP contribution >= 0.6 is 0 Å². The van der Waals surface area contributed by atoms with Crippen molar-refractivity contribution in [2.45, 2.75) is 19.4 Å². The van der Waals surface area contributed by atoms with Gasteiger partial charge in [0.25, 0.3) is 0 Å². The smallest absolute Gasteiger partial charge is 0.161 e. The van der Waals surface area contributed by atoms with Gasteiger partial charge < -0.3 is 14.8 Å². The maximum absolute atomic E-state index is 8.84. The van der Waals surface area contributed by atoms with Crippen LogP contribution in [0.2, 0.25) is 0 Å². The fourth-order valence-electron chi connectivity index (χ4n) is 2.25. The lowest BCUT2D eigenvalue weighted by Gasteiger charge is -2.27. The molecule has 1 aromatic carbocycles. The van der Waals surface area contributed by atoms with E-state index in [-0.39, 0.29) is 0 Å². The first kappa shape index (κ1) is 12.3. The highest BCUT2D eigenvalue weighted by Gasteiger charge is 2.21. The highest BCUT2D eigenvalue weighted by Crippen LogP contribution is 2.35. The van der Waals surface area contributed by atoms with Crippen molar-refractivity contribution in [1.29, 1.82) is 5.26 Å². The lowest BCUT2D eigenvalue weighted by atomic mass is 9.93. The van der Waals surface area contributed by atoms with Crippen molar-refractivity contribution < 1.29 is 9.47 Å². The van der Waals surface area contributed by atoms with Crippen LogP contribution in [0.15, 0.2) is 18.2 Å². The Balaban J connectivity index is 2.57. The Morgan fingerprint density at radius 1 is 1.33 bits per heavy atom. The normalized spacial score (nSPS) is 19.7. The van der Waals surface area contributed by atoms with E-state index in [0.717, 1.165) is 23.4 Å². The maximum Gasteiger partial charge on any atom is 0.161 e. The molecule has 0 saturated heterocycles. The first-order chi connectivity index (χ1) is 8.69. The monoisotopic (exact) mass is 244 g/mol. The predicted octanol–water partition coefficient (Wildman–Crippen LogP) is 2.10. The molecule has 1 unspecified atom stereocenters. The van der Waals surface area contributed by atoms with Crippen LogP contribution in [-0.2, 0) is 6.42 Å². The largest absolute Gasteiger partial charge is 0.493 e. The molecule has 0 spiro atoms. The van der Waals surface area contributed by atoms with Crippen molar-refractivity contribution in [3.05, 3.63) is 29.3 Å². The minimum absolute atomic E-state index is 0.301. The molecule has 0 amide bonds. The molecule has 0 bridgehead atoms. The number of methoxy groups -OCH3 is 2. The molecule has 0 saturated carbocycles. The van der Waals surface area contributed by atoms with Gasteiger partial charge in [-0.3, -0.25) is 0 Å². The Labute approximate surface area is 107 Å². The number of rotatable bonds is 2. The van der Waals surface area contributed by atoms with E-state index < -0.39 is 0 Å². The van der Waals surface area contributed by atoms with Gasteiger partial charge in [0.1, 0.15) is 0 Å². The third-order valence-electron chi connectivity index (χ3n) is 3.04. The molecule has 1 atom stereocenters. The van der Waals surface area contributed by atoms with E-state index in [0.29, 0.717) is 11.8 Å². The zero-order valence-electron chi connectivity index (χ0n) is 10.8. The summed E-state index contributed by atoms with van der Waals surface area (Å²) in [5.74, 6) is 1.40. The average Bonchev–Trinajstić information content (AvgIpc) is 2.37. The summed E-state index contributed by atoms with van der Waals surface area (Å²) in [4.78, 5) is 0. The van der Waals surface area contributed by atoms with Crippen molar-refractivity contribution >= 4 is 5.70 Å². The van der Waals surface area contributed by atoms with E-state index in [4.69, 9.17) is 14.7 Å². The van der Waals surface area contributed by atoms with Gasteiger partial charge in [-0.15, -0.1) is 0 Å². The summed E-state index contributed by atoms with van der Waals surface area (Å²) in [6.45, 7) is 2.09. The molecule has 1 aliphatic rings. The Morgan fingerprint density at radius 2 is 2.00 bits per heavy atom. The van der Waals surface area contributed by atoms with Gasteiger partial charge in [-0.05, 0) is 31.0 Å². The Kier molecular flexibility index (Phi) is 3.42. The van der Waals surface area contributed by atoms with Gasteiger partial charge in [0.05, 0.1) is 26.0 Å². The van der Waals surface area contributed by atoms with Gasteiger partial charge in [-0.1, -0.05) is 0 Å². The predicted molar refractivity (Wildman–Crippen MR) is 69.4 cm³/mol. The molecule has 1 aromatic rings. The number of benzene rings is 1. The summed E-state index contributed by atoms with van der Waals surface area (Å²) in [5.41, 5.74) is 3.01. The molecule has 1 aliphatic heterocycles. The van der Waals surface area contributed by atoms with Gasteiger partial charge in [0, 0.05) is 17.7 Å². The summed E-state index contributed by atoms with van der Waals surface area (Å²) >= 11 is 0. The van der Waals surface area contributed by atoms with Crippen LogP contribution in [0.5, 0.6) is 11.5 Å². The van der Waals surface area contributed by atoms with E-state index in [1.807, 2.05) is 12.1 Å². The number of nitrogens with zero attached hydrogens (tertiary/aromatic N) is 1. The van der Waals surface area contributed by atoms with Crippen LogP contribution in [0.4, 0.5) is 0 Å². The Hall–Kier alpha value is -2.15. The quantitative estimate of drug-likeness (QED) is 0.809. The molecule has 0 fully saturated rings. The van der Waals surface area contributed by atoms with Crippen LogP contribution in [0.1, 0.15) is 18.1 Å². The van der Waals surface area contributed by atoms with Crippen LogP contribution in [0.3, 0.4) is 0 Å². The molecular formula is C14H16N2O2. The van der Waals surface area contributed by atoms with Crippen LogP contribution in [0.25, 0.3) is 5.70 Å². The van der Waals surface area contributed by atoms with Gasteiger partial charge in [0.15, 0.2) is 11.5 Å². The first-order valence-corrected chi connectivity index (χ1v) is 5.81. The van der Waals surface area contributed by atoms with Crippen molar-refractivity contribution in [2.24, 2.45) is 0 Å². The van der Waals surface area contributed by atoms with Crippen molar-refractivity contribution in [1.82, 2.24) is 5.32 Å².